The minimum absolute atomic E-state index is 0.293. The third-order valence-corrected chi connectivity index (χ3v) is 7.63. The molecule has 9 heteroatoms. The predicted octanol–water partition coefficient (Wildman–Crippen LogP) is 7.88. The third-order valence-electron chi connectivity index (χ3n) is 6.19. The first-order chi connectivity index (χ1) is 20.1. The van der Waals surface area contributed by atoms with Gasteiger partial charge in [-0.05, 0) is 86.8 Å². The molecule has 0 spiro atoms. The van der Waals surface area contributed by atoms with E-state index in [4.69, 9.17) is 9.47 Å². The van der Waals surface area contributed by atoms with Crippen LogP contribution < -0.4 is 19.7 Å². The zero-order valence-electron chi connectivity index (χ0n) is 24.2. The lowest BCUT2D eigenvalue weighted by Crippen LogP contribution is -2.29. The fraction of sp³-hybridized carbons (Fsp3) is 0.242. The summed E-state index contributed by atoms with van der Waals surface area (Å²) >= 11 is 0. The van der Waals surface area contributed by atoms with Gasteiger partial charge < -0.3 is 20.1 Å². The summed E-state index contributed by atoms with van der Waals surface area (Å²) in [6.07, 6.45) is 0.614. The van der Waals surface area contributed by atoms with Crippen LogP contribution in [0.3, 0.4) is 0 Å². The van der Waals surface area contributed by atoms with Gasteiger partial charge in [0.25, 0.3) is 0 Å². The molecule has 220 valence electrons. The molecule has 0 aliphatic rings. The topological polar surface area (TPSA) is 79.9 Å². The summed E-state index contributed by atoms with van der Waals surface area (Å²) in [6.45, 7) is 6.88. The summed E-state index contributed by atoms with van der Waals surface area (Å²) in [7, 11) is -0.0836. The van der Waals surface area contributed by atoms with E-state index in [1.165, 1.54) is 19.2 Å². The lowest BCUT2D eigenvalue weighted by Gasteiger charge is -2.27. The summed E-state index contributed by atoms with van der Waals surface area (Å²) < 4.78 is 41.0. The molecule has 1 unspecified atom stereocenters. The first-order valence-electron chi connectivity index (χ1n) is 13.6. The highest BCUT2D eigenvalue weighted by Gasteiger charge is 2.22. The number of rotatable bonds is 11. The number of nitrogens with one attached hydrogen (secondary N) is 2. The summed E-state index contributed by atoms with van der Waals surface area (Å²) in [5, 5.41) is 5.61. The number of carbonyl (C=O) groups is 1. The molecular weight excluding hydrogens is 553 g/mol. The maximum absolute atomic E-state index is 14.1. The van der Waals surface area contributed by atoms with Crippen LogP contribution in [0.4, 0.5) is 26.2 Å². The van der Waals surface area contributed by atoms with E-state index in [9.17, 15) is 13.4 Å². The van der Waals surface area contributed by atoms with Crippen molar-refractivity contribution in [3.05, 3.63) is 103 Å². The Balaban J connectivity index is 1.60. The normalized spacial score (nSPS) is 11.9. The molecule has 4 aromatic carbocycles. The zero-order chi connectivity index (χ0) is 30.1. The number of nitrogens with zero attached hydrogens (tertiary/aromatic N) is 1. The van der Waals surface area contributed by atoms with Crippen molar-refractivity contribution in [2.75, 3.05) is 35.2 Å². The van der Waals surface area contributed by atoms with Crippen LogP contribution in [-0.4, -0.2) is 36.1 Å². The second-order valence-corrected chi connectivity index (χ2v) is 11.9. The summed E-state index contributed by atoms with van der Waals surface area (Å²) in [5.41, 5.74) is 3.14. The highest BCUT2D eigenvalue weighted by atomic mass is 32.2. The molecule has 0 aliphatic heterocycles. The average molecular weight is 590 g/mol. The van der Waals surface area contributed by atoms with Crippen LogP contribution >= 0.6 is 0 Å². The molecule has 0 saturated carbocycles. The molecular formula is C33H36FN3O4S. The van der Waals surface area contributed by atoms with Crippen molar-refractivity contribution in [1.82, 2.24) is 0 Å². The van der Waals surface area contributed by atoms with Gasteiger partial charge in [-0.15, -0.1) is 0 Å². The van der Waals surface area contributed by atoms with Gasteiger partial charge in [0.15, 0.2) is 11.0 Å². The highest BCUT2D eigenvalue weighted by Crippen LogP contribution is 2.34. The summed E-state index contributed by atoms with van der Waals surface area (Å²) in [6, 6.07) is 27.6. The van der Waals surface area contributed by atoms with Gasteiger partial charge in [0.1, 0.15) is 11.6 Å². The van der Waals surface area contributed by atoms with E-state index >= 15 is 0 Å². The van der Waals surface area contributed by atoms with Crippen LogP contribution in [-0.2, 0) is 15.7 Å². The first kappa shape index (κ1) is 30.7. The molecule has 0 saturated heterocycles. The van der Waals surface area contributed by atoms with E-state index in [0.717, 1.165) is 11.1 Å². The van der Waals surface area contributed by atoms with Crippen LogP contribution in [0.1, 0.15) is 27.2 Å². The number of hydrogen-bond acceptors (Lipinski definition) is 4. The van der Waals surface area contributed by atoms with Crippen molar-refractivity contribution in [3.8, 4) is 16.9 Å². The minimum atomic E-state index is -1.62. The van der Waals surface area contributed by atoms with E-state index < -0.39 is 17.0 Å². The van der Waals surface area contributed by atoms with E-state index in [-0.39, 0.29) is 11.4 Å². The number of ether oxygens (including phenoxy) is 2. The van der Waals surface area contributed by atoms with Crippen molar-refractivity contribution >= 4 is 34.1 Å². The number of anilines is 3. The van der Waals surface area contributed by atoms with Gasteiger partial charge in [0, 0.05) is 30.6 Å². The van der Waals surface area contributed by atoms with Crippen LogP contribution in [0.5, 0.6) is 5.75 Å². The largest absolute Gasteiger partial charge is 0.494 e. The number of benzene rings is 4. The molecule has 1 atom stereocenters. The molecule has 0 aromatic heterocycles. The first-order valence-corrected chi connectivity index (χ1v) is 14.7. The standard InChI is InChI=1S/C33H36FN3O4S/c1-33(2,3)41-21-9-20-37(42(39)29-13-8-10-25(22-29)24-14-16-26(34)17-15-24)30-19-18-28(23-31(30)40-4)36-32(38)35-27-11-6-5-7-12-27/h5-8,10-19,22-23H,9,20-21H2,1-4H3,(H2,35,36,38). The predicted molar refractivity (Wildman–Crippen MR) is 168 cm³/mol. The molecule has 42 heavy (non-hydrogen) atoms. The van der Waals surface area contributed by atoms with Crippen LogP contribution in [0.25, 0.3) is 11.1 Å². The molecule has 0 aliphatic carbocycles. The van der Waals surface area contributed by atoms with Crippen LogP contribution in [0, 0.1) is 5.82 Å². The molecule has 7 nitrogen and oxygen atoms in total. The Bertz CT molecular complexity index is 1510. The monoisotopic (exact) mass is 589 g/mol. The zero-order valence-corrected chi connectivity index (χ0v) is 25.0. The molecule has 0 radical (unpaired) electrons. The van der Waals surface area contributed by atoms with Gasteiger partial charge >= 0.3 is 6.03 Å². The number of halogens is 1. The number of para-hydroxylation sites is 1. The molecule has 4 rings (SSSR count). The van der Waals surface area contributed by atoms with Crippen LogP contribution in [0.15, 0.2) is 102 Å². The molecule has 2 amide bonds. The van der Waals surface area contributed by atoms with Gasteiger partial charge in [0.2, 0.25) is 0 Å². The smallest absolute Gasteiger partial charge is 0.323 e. The van der Waals surface area contributed by atoms with Gasteiger partial charge in [0.05, 0.1) is 23.3 Å². The third kappa shape index (κ3) is 8.64. The van der Waals surface area contributed by atoms with Crippen molar-refractivity contribution < 1.29 is 22.9 Å². The van der Waals surface area contributed by atoms with Gasteiger partial charge in [-0.1, -0.05) is 42.5 Å². The number of amides is 2. The van der Waals surface area contributed by atoms with E-state index in [0.29, 0.717) is 47.3 Å². The van der Waals surface area contributed by atoms with E-state index in [1.807, 2.05) is 57.2 Å². The number of hydrogen-bond donors (Lipinski definition) is 2. The SMILES string of the molecule is COc1cc(NC(=O)Nc2ccccc2)ccc1N(CCCOC(C)(C)C)S(=O)c1cccc(-c2ccc(F)cc2)c1. The van der Waals surface area contributed by atoms with Crippen LogP contribution in [0.2, 0.25) is 0 Å². The lowest BCUT2D eigenvalue weighted by atomic mass is 10.1. The fourth-order valence-corrected chi connectivity index (χ4v) is 5.51. The number of urea groups is 1. The second-order valence-electron chi connectivity index (χ2n) is 10.5. The Morgan fingerprint density at radius 1 is 0.857 bits per heavy atom. The summed E-state index contributed by atoms with van der Waals surface area (Å²) in [5.74, 6) is 0.136. The number of carbonyl (C=O) groups excluding carboxylic acids is 1. The van der Waals surface area contributed by atoms with Gasteiger partial charge in [-0.2, -0.15) is 0 Å². The van der Waals surface area contributed by atoms with E-state index in [2.05, 4.69) is 10.6 Å². The Morgan fingerprint density at radius 2 is 1.57 bits per heavy atom. The molecule has 2 N–H and O–H groups in total. The molecule has 0 fully saturated rings. The van der Waals surface area contributed by atoms with Crippen molar-refractivity contribution in [1.29, 1.82) is 0 Å². The highest BCUT2D eigenvalue weighted by molar-refractivity contribution is 7.86. The minimum Gasteiger partial charge on any atom is -0.494 e. The van der Waals surface area contributed by atoms with Crippen molar-refractivity contribution in [2.45, 2.75) is 37.7 Å². The van der Waals surface area contributed by atoms with Crippen molar-refractivity contribution in [3.63, 3.8) is 0 Å². The van der Waals surface area contributed by atoms with E-state index in [1.54, 1.807) is 52.8 Å². The van der Waals surface area contributed by atoms with Gasteiger partial charge in [-0.3, -0.25) is 4.31 Å². The maximum atomic E-state index is 14.1. The van der Waals surface area contributed by atoms with Crippen molar-refractivity contribution in [2.24, 2.45) is 0 Å². The van der Waals surface area contributed by atoms with Gasteiger partial charge in [-0.25, -0.2) is 13.4 Å². The Morgan fingerprint density at radius 3 is 2.26 bits per heavy atom. The average Bonchev–Trinajstić information content (AvgIpc) is 2.97. The lowest BCUT2D eigenvalue weighted by molar-refractivity contribution is -0.00302. The molecule has 0 bridgehead atoms. The molecule has 0 heterocycles. The maximum Gasteiger partial charge on any atom is 0.323 e. The Kier molecular flexibility index (Phi) is 10.3. The number of methoxy groups -OCH3 is 1. The second kappa shape index (κ2) is 14.1. The Labute approximate surface area is 249 Å². The summed E-state index contributed by atoms with van der Waals surface area (Å²) in [4.78, 5) is 13.1. The fourth-order valence-electron chi connectivity index (χ4n) is 4.21. The molecule has 4 aromatic rings. The Hall–Kier alpha value is -4.21. The quantitative estimate of drug-likeness (QED) is 0.175.